The molecule has 0 atom stereocenters. The molecule has 18 heavy (non-hydrogen) atoms. The number of carbonyl (C=O) groups is 1. The molecule has 1 aliphatic heterocycles. The zero-order valence-corrected chi connectivity index (χ0v) is 10.2. The van der Waals surface area contributed by atoms with Gasteiger partial charge in [0.25, 0.3) is 0 Å². The molecular weight excluding hydrogens is 237 g/mol. The first-order valence-electron chi connectivity index (χ1n) is 5.92. The molecule has 1 aliphatic rings. The minimum atomic E-state index is -0.478. The van der Waals surface area contributed by atoms with Crippen molar-refractivity contribution in [2.75, 3.05) is 25.1 Å². The summed E-state index contributed by atoms with van der Waals surface area (Å²) in [6.45, 7) is 1.17. The standard InChI is InChI=1S/C13H16FNO3/c1-18-13(17)9-2-3-11(14)12(8-9)15-6-4-10(16)5-7-15/h2-3,8,10,16H,4-7H2,1H3. The Bertz CT molecular complexity index is 442. The largest absolute Gasteiger partial charge is 0.465 e. The van der Waals surface area contributed by atoms with Crippen molar-refractivity contribution in [1.82, 2.24) is 0 Å². The van der Waals surface area contributed by atoms with Crippen LogP contribution in [0.1, 0.15) is 23.2 Å². The smallest absolute Gasteiger partial charge is 0.337 e. The number of aliphatic hydroxyl groups is 1. The van der Waals surface area contributed by atoms with Gasteiger partial charge in [0.1, 0.15) is 5.82 Å². The van der Waals surface area contributed by atoms with Gasteiger partial charge in [0.2, 0.25) is 0 Å². The second kappa shape index (κ2) is 5.35. The van der Waals surface area contributed by atoms with E-state index in [-0.39, 0.29) is 11.9 Å². The van der Waals surface area contributed by atoms with Gasteiger partial charge in [-0.05, 0) is 31.0 Å². The van der Waals surface area contributed by atoms with Crippen LogP contribution in [0.4, 0.5) is 10.1 Å². The van der Waals surface area contributed by atoms with Crippen LogP contribution in [0.3, 0.4) is 0 Å². The summed E-state index contributed by atoms with van der Waals surface area (Å²) in [6, 6.07) is 4.18. The maximum Gasteiger partial charge on any atom is 0.337 e. The molecule has 1 aromatic carbocycles. The number of esters is 1. The van der Waals surface area contributed by atoms with E-state index < -0.39 is 5.97 Å². The quantitative estimate of drug-likeness (QED) is 0.813. The molecule has 0 bridgehead atoms. The molecule has 5 heteroatoms. The van der Waals surface area contributed by atoms with Crippen LogP contribution in [0.15, 0.2) is 18.2 Å². The highest BCUT2D eigenvalue weighted by molar-refractivity contribution is 5.90. The van der Waals surface area contributed by atoms with E-state index in [0.29, 0.717) is 37.2 Å². The van der Waals surface area contributed by atoms with Crippen molar-refractivity contribution in [1.29, 1.82) is 0 Å². The predicted octanol–water partition coefficient (Wildman–Crippen LogP) is 1.57. The number of piperidine rings is 1. The first-order valence-corrected chi connectivity index (χ1v) is 5.92. The Kier molecular flexibility index (Phi) is 3.81. The van der Waals surface area contributed by atoms with Crippen LogP contribution in [0, 0.1) is 5.82 Å². The Morgan fingerprint density at radius 1 is 1.44 bits per heavy atom. The number of ether oxygens (including phenoxy) is 1. The molecule has 0 aliphatic carbocycles. The highest BCUT2D eigenvalue weighted by atomic mass is 19.1. The molecule has 1 aromatic rings. The fourth-order valence-electron chi connectivity index (χ4n) is 2.11. The number of aliphatic hydroxyl groups excluding tert-OH is 1. The van der Waals surface area contributed by atoms with Gasteiger partial charge in [-0.1, -0.05) is 0 Å². The topological polar surface area (TPSA) is 49.8 Å². The molecule has 0 unspecified atom stereocenters. The Balaban J connectivity index is 2.23. The van der Waals surface area contributed by atoms with E-state index in [1.54, 1.807) is 0 Å². The normalized spacial score (nSPS) is 16.7. The van der Waals surface area contributed by atoms with E-state index in [2.05, 4.69) is 4.74 Å². The Hall–Kier alpha value is -1.62. The van der Waals surface area contributed by atoms with E-state index in [1.807, 2.05) is 4.90 Å². The SMILES string of the molecule is COC(=O)c1ccc(F)c(N2CCC(O)CC2)c1. The third-order valence-corrected chi connectivity index (χ3v) is 3.17. The fraction of sp³-hybridized carbons (Fsp3) is 0.462. The molecule has 0 saturated carbocycles. The summed E-state index contributed by atoms with van der Waals surface area (Å²) in [5, 5.41) is 9.43. The molecule has 2 rings (SSSR count). The van der Waals surface area contributed by atoms with Crippen LogP contribution in [-0.4, -0.2) is 37.4 Å². The summed E-state index contributed by atoms with van der Waals surface area (Å²) in [7, 11) is 1.29. The van der Waals surface area contributed by atoms with Crippen molar-refractivity contribution in [3.05, 3.63) is 29.6 Å². The summed E-state index contributed by atoms with van der Waals surface area (Å²) in [4.78, 5) is 13.3. The molecular formula is C13H16FNO3. The van der Waals surface area contributed by atoms with Gasteiger partial charge >= 0.3 is 5.97 Å². The number of methoxy groups -OCH3 is 1. The number of rotatable bonds is 2. The van der Waals surface area contributed by atoms with Gasteiger partial charge in [-0.15, -0.1) is 0 Å². The van der Waals surface area contributed by atoms with Crippen LogP contribution in [0.2, 0.25) is 0 Å². The summed E-state index contributed by atoms with van der Waals surface area (Å²) in [6.07, 6.45) is 0.914. The summed E-state index contributed by atoms with van der Waals surface area (Å²) in [5.41, 5.74) is 0.727. The number of benzene rings is 1. The summed E-state index contributed by atoms with van der Waals surface area (Å²) < 4.78 is 18.4. The van der Waals surface area contributed by atoms with Crippen LogP contribution in [0.5, 0.6) is 0 Å². The Morgan fingerprint density at radius 2 is 2.11 bits per heavy atom. The number of carbonyl (C=O) groups excluding carboxylic acids is 1. The van der Waals surface area contributed by atoms with Crippen molar-refractivity contribution in [2.24, 2.45) is 0 Å². The monoisotopic (exact) mass is 253 g/mol. The molecule has 98 valence electrons. The zero-order chi connectivity index (χ0) is 13.1. The first kappa shape index (κ1) is 12.8. The fourth-order valence-corrected chi connectivity index (χ4v) is 2.11. The highest BCUT2D eigenvalue weighted by Gasteiger charge is 2.20. The van der Waals surface area contributed by atoms with Crippen LogP contribution in [0.25, 0.3) is 0 Å². The van der Waals surface area contributed by atoms with Gasteiger partial charge in [-0.2, -0.15) is 0 Å². The average molecular weight is 253 g/mol. The predicted molar refractivity (Wildman–Crippen MR) is 65.2 cm³/mol. The van der Waals surface area contributed by atoms with E-state index in [1.165, 1.54) is 25.3 Å². The lowest BCUT2D eigenvalue weighted by molar-refractivity contribution is 0.0600. The zero-order valence-electron chi connectivity index (χ0n) is 10.2. The number of hydrogen-bond acceptors (Lipinski definition) is 4. The highest BCUT2D eigenvalue weighted by Crippen LogP contribution is 2.24. The molecule has 1 fully saturated rings. The van der Waals surface area contributed by atoms with Gasteiger partial charge in [0.05, 0.1) is 24.5 Å². The third kappa shape index (κ3) is 2.61. The molecule has 0 aromatic heterocycles. The second-order valence-corrected chi connectivity index (χ2v) is 4.38. The van der Waals surface area contributed by atoms with Gasteiger partial charge in [-0.25, -0.2) is 9.18 Å². The van der Waals surface area contributed by atoms with E-state index in [9.17, 15) is 14.3 Å². The van der Waals surface area contributed by atoms with Crippen molar-refractivity contribution in [3.63, 3.8) is 0 Å². The van der Waals surface area contributed by atoms with Crippen molar-refractivity contribution in [3.8, 4) is 0 Å². The molecule has 0 spiro atoms. The summed E-state index contributed by atoms with van der Waals surface area (Å²) in [5.74, 6) is -0.840. The molecule has 1 N–H and O–H groups in total. The minimum absolute atomic E-state index is 0.312. The number of hydrogen-bond donors (Lipinski definition) is 1. The van der Waals surface area contributed by atoms with E-state index >= 15 is 0 Å². The minimum Gasteiger partial charge on any atom is -0.465 e. The van der Waals surface area contributed by atoms with Gasteiger partial charge in [0.15, 0.2) is 0 Å². The lowest BCUT2D eigenvalue weighted by atomic mass is 10.1. The third-order valence-electron chi connectivity index (χ3n) is 3.17. The number of halogens is 1. The second-order valence-electron chi connectivity index (χ2n) is 4.38. The lowest BCUT2D eigenvalue weighted by Gasteiger charge is -2.31. The van der Waals surface area contributed by atoms with E-state index in [4.69, 9.17) is 0 Å². The number of nitrogens with zero attached hydrogens (tertiary/aromatic N) is 1. The van der Waals surface area contributed by atoms with Gasteiger partial charge < -0.3 is 14.7 Å². The molecule has 1 heterocycles. The number of anilines is 1. The average Bonchev–Trinajstić information content (AvgIpc) is 2.39. The lowest BCUT2D eigenvalue weighted by Crippen LogP contribution is -2.36. The van der Waals surface area contributed by atoms with Crippen molar-refractivity contribution < 1.29 is 19.0 Å². The van der Waals surface area contributed by atoms with E-state index in [0.717, 1.165) is 0 Å². The van der Waals surface area contributed by atoms with Crippen LogP contribution in [-0.2, 0) is 4.74 Å². The Labute approximate surface area is 105 Å². The Morgan fingerprint density at radius 3 is 2.72 bits per heavy atom. The molecule has 0 amide bonds. The van der Waals surface area contributed by atoms with Crippen molar-refractivity contribution >= 4 is 11.7 Å². The maximum absolute atomic E-state index is 13.8. The molecule has 0 radical (unpaired) electrons. The van der Waals surface area contributed by atoms with Gasteiger partial charge in [-0.3, -0.25) is 0 Å². The van der Waals surface area contributed by atoms with Gasteiger partial charge in [0, 0.05) is 13.1 Å². The molecule has 1 saturated heterocycles. The maximum atomic E-state index is 13.8. The van der Waals surface area contributed by atoms with Crippen molar-refractivity contribution in [2.45, 2.75) is 18.9 Å². The first-order chi connectivity index (χ1) is 8.61. The molecule has 4 nitrogen and oxygen atoms in total. The van der Waals surface area contributed by atoms with Crippen LogP contribution >= 0.6 is 0 Å². The summed E-state index contributed by atoms with van der Waals surface area (Å²) >= 11 is 0. The van der Waals surface area contributed by atoms with Crippen LogP contribution < -0.4 is 4.90 Å².